The van der Waals surface area contributed by atoms with Crippen molar-refractivity contribution in [2.75, 3.05) is 5.73 Å². The van der Waals surface area contributed by atoms with Gasteiger partial charge < -0.3 is 5.73 Å². The zero-order valence-corrected chi connectivity index (χ0v) is 12.6. The number of rotatable bonds is 2. The number of nitrogens with zero attached hydrogens (tertiary/aromatic N) is 4. The van der Waals surface area contributed by atoms with E-state index in [-0.39, 0.29) is 12.1 Å². The van der Waals surface area contributed by atoms with E-state index in [1.807, 2.05) is 34.0 Å². The van der Waals surface area contributed by atoms with Gasteiger partial charge in [-0.2, -0.15) is 0 Å². The number of fused-ring (bicyclic) bond motifs is 1. The molecule has 0 aliphatic carbocycles. The maximum atomic E-state index is 11.9. The average Bonchev–Trinajstić information content (AvgIpc) is 2.84. The Bertz CT molecular complexity index is 812. The fraction of sp³-hybridized carbons (Fsp3) is 0.0909. The summed E-state index contributed by atoms with van der Waals surface area (Å²) in [6.45, 7) is 0.265. The summed E-state index contributed by atoms with van der Waals surface area (Å²) in [6, 6.07) is 1.89. The number of thiophene rings is 1. The summed E-state index contributed by atoms with van der Waals surface area (Å²) in [4.78, 5) is 25.3. The number of nitrogen functional groups attached to an aromatic ring is 1. The molecule has 0 unspecified atom stereocenters. The van der Waals surface area contributed by atoms with E-state index < -0.39 is 0 Å². The lowest BCUT2D eigenvalue weighted by atomic mass is 10.4. The van der Waals surface area contributed by atoms with Gasteiger partial charge in [0.2, 0.25) is 0 Å². The van der Waals surface area contributed by atoms with Crippen LogP contribution < -0.4 is 11.3 Å². The number of anilines is 1. The first-order valence-electron chi connectivity index (χ1n) is 5.34. The van der Waals surface area contributed by atoms with Crippen LogP contribution in [0.4, 0.5) is 5.82 Å². The second-order valence-corrected chi connectivity index (χ2v) is 5.90. The van der Waals surface area contributed by atoms with E-state index in [0.717, 1.165) is 10.2 Å². The summed E-state index contributed by atoms with van der Waals surface area (Å²) in [7, 11) is 0. The Kier molecular flexibility index (Phi) is 3.19. The second-order valence-electron chi connectivity index (χ2n) is 3.84. The highest BCUT2D eigenvalue weighted by Gasteiger charge is 2.08. The molecule has 3 heterocycles. The van der Waals surface area contributed by atoms with Crippen molar-refractivity contribution in [2.24, 2.45) is 0 Å². The smallest absolute Gasteiger partial charge is 0.267 e. The Balaban J connectivity index is 2.06. The van der Waals surface area contributed by atoms with Crippen molar-refractivity contribution < 1.29 is 0 Å². The highest BCUT2D eigenvalue weighted by atomic mass is 127. The summed E-state index contributed by atoms with van der Waals surface area (Å²) in [5.41, 5.74) is 5.77. The largest absolute Gasteiger partial charge is 0.383 e. The number of aromatic nitrogens is 4. The van der Waals surface area contributed by atoms with Crippen molar-refractivity contribution in [3.63, 3.8) is 0 Å². The van der Waals surface area contributed by atoms with Crippen molar-refractivity contribution in [3.05, 3.63) is 43.7 Å². The molecule has 0 saturated heterocycles. The van der Waals surface area contributed by atoms with Gasteiger partial charge in [0.15, 0.2) is 5.82 Å². The van der Waals surface area contributed by atoms with Gasteiger partial charge in [-0.25, -0.2) is 15.0 Å². The molecule has 0 aliphatic rings. The molecule has 0 aliphatic heterocycles. The first kappa shape index (κ1) is 12.5. The van der Waals surface area contributed by atoms with Gasteiger partial charge in [0.25, 0.3) is 5.56 Å². The highest BCUT2D eigenvalue weighted by molar-refractivity contribution is 14.1. The lowest BCUT2D eigenvalue weighted by molar-refractivity contribution is 0.697. The minimum atomic E-state index is -0.107. The van der Waals surface area contributed by atoms with Crippen LogP contribution in [0.3, 0.4) is 0 Å². The number of hydrogen-bond acceptors (Lipinski definition) is 6. The normalized spacial score (nSPS) is 11.0. The van der Waals surface area contributed by atoms with Crippen molar-refractivity contribution in [3.8, 4) is 0 Å². The molecule has 8 heteroatoms. The zero-order valence-electron chi connectivity index (χ0n) is 9.58. The van der Waals surface area contributed by atoms with E-state index in [1.165, 1.54) is 28.4 Å². The SMILES string of the molecule is Nc1nc(Cn2cncc(I)c2=O)nc2sccc12. The predicted octanol–water partition coefficient (Wildman–Crippen LogP) is 1.48. The summed E-state index contributed by atoms with van der Waals surface area (Å²) < 4.78 is 2.03. The molecule has 0 saturated carbocycles. The van der Waals surface area contributed by atoms with Crippen molar-refractivity contribution in [1.29, 1.82) is 0 Å². The minimum Gasteiger partial charge on any atom is -0.383 e. The maximum Gasteiger partial charge on any atom is 0.267 e. The first-order chi connectivity index (χ1) is 9.15. The van der Waals surface area contributed by atoms with Gasteiger partial charge in [0.1, 0.15) is 10.6 Å². The van der Waals surface area contributed by atoms with Gasteiger partial charge in [-0.15, -0.1) is 11.3 Å². The molecule has 0 atom stereocenters. The molecule has 0 radical (unpaired) electrons. The van der Waals surface area contributed by atoms with Gasteiger partial charge in [-0.05, 0) is 34.0 Å². The Morgan fingerprint density at radius 3 is 3.11 bits per heavy atom. The van der Waals surface area contributed by atoms with Crippen LogP contribution in [0.2, 0.25) is 0 Å². The van der Waals surface area contributed by atoms with Crippen LogP contribution >= 0.6 is 33.9 Å². The Hall–Kier alpha value is -1.55. The van der Waals surface area contributed by atoms with Crippen molar-refractivity contribution in [2.45, 2.75) is 6.54 Å². The van der Waals surface area contributed by atoms with E-state index in [1.54, 1.807) is 0 Å². The van der Waals surface area contributed by atoms with Gasteiger partial charge in [0.05, 0.1) is 21.8 Å². The van der Waals surface area contributed by atoms with Crippen LogP contribution in [0.15, 0.2) is 28.8 Å². The fourth-order valence-corrected chi connectivity index (χ4v) is 2.95. The quantitative estimate of drug-likeness (QED) is 0.676. The van der Waals surface area contributed by atoms with E-state index >= 15 is 0 Å². The van der Waals surface area contributed by atoms with E-state index in [2.05, 4.69) is 15.0 Å². The zero-order chi connectivity index (χ0) is 13.4. The molecule has 0 fully saturated rings. The third-order valence-corrected chi connectivity index (χ3v) is 4.12. The van der Waals surface area contributed by atoms with Crippen LogP contribution in [0.1, 0.15) is 5.82 Å². The first-order valence-corrected chi connectivity index (χ1v) is 7.30. The minimum absolute atomic E-state index is 0.107. The standard InChI is InChI=1S/C11H8IN5OS/c12-7-3-14-5-17(11(7)18)4-8-15-9(13)6-1-2-19-10(6)16-8/h1-3,5H,4H2,(H2,13,15,16). The molecular weight excluding hydrogens is 377 g/mol. The average molecular weight is 385 g/mol. The molecule has 96 valence electrons. The topological polar surface area (TPSA) is 86.7 Å². The van der Waals surface area contributed by atoms with Crippen LogP contribution in [-0.2, 0) is 6.54 Å². The lowest BCUT2D eigenvalue weighted by Crippen LogP contribution is -2.23. The molecule has 0 spiro atoms. The van der Waals surface area contributed by atoms with Crippen LogP contribution in [0.25, 0.3) is 10.2 Å². The lowest BCUT2D eigenvalue weighted by Gasteiger charge is -2.05. The molecule has 0 amide bonds. The molecule has 3 aromatic heterocycles. The third kappa shape index (κ3) is 2.32. The predicted molar refractivity (Wildman–Crippen MR) is 82.1 cm³/mol. The molecule has 6 nitrogen and oxygen atoms in total. The van der Waals surface area contributed by atoms with E-state index in [0.29, 0.717) is 15.2 Å². The summed E-state index contributed by atoms with van der Waals surface area (Å²) >= 11 is 3.45. The molecule has 19 heavy (non-hydrogen) atoms. The van der Waals surface area contributed by atoms with Crippen molar-refractivity contribution >= 4 is 50.0 Å². The number of nitrogens with two attached hydrogens (primary N) is 1. The number of halogens is 1. The molecular formula is C11H8IN5OS. The van der Waals surface area contributed by atoms with E-state index in [4.69, 9.17) is 5.73 Å². The van der Waals surface area contributed by atoms with Gasteiger partial charge >= 0.3 is 0 Å². The third-order valence-electron chi connectivity index (χ3n) is 2.57. The van der Waals surface area contributed by atoms with Crippen LogP contribution in [-0.4, -0.2) is 19.5 Å². The second kappa shape index (κ2) is 4.85. The van der Waals surface area contributed by atoms with Crippen LogP contribution in [0.5, 0.6) is 0 Å². The Morgan fingerprint density at radius 1 is 1.42 bits per heavy atom. The molecule has 3 aromatic rings. The molecule has 2 N–H and O–H groups in total. The van der Waals surface area contributed by atoms with E-state index in [9.17, 15) is 4.79 Å². The Labute approximate surface area is 125 Å². The van der Waals surface area contributed by atoms with Gasteiger partial charge in [-0.3, -0.25) is 9.36 Å². The summed E-state index contributed by atoms with van der Waals surface area (Å²) in [5, 5.41) is 2.76. The van der Waals surface area contributed by atoms with Crippen molar-refractivity contribution in [1.82, 2.24) is 19.5 Å². The van der Waals surface area contributed by atoms with Crippen LogP contribution in [0, 0.1) is 3.57 Å². The van der Waals surface area contributed by atoms with Gasteiger partial charge in [-0.1, -0.05) is 0 Å². The molecule has 3 rings (SSSR count). The monoisotopic (exact) mass is 385 g/mol. The summed E-state index contributed by atoms with van der Waals surface area (Å²) in [6.07, 6.45) is 3.00. The summed E-state index contributed by atoms with van der Waals surface area (Å²) in [5.74, 6) is 0.950. The highest BCUT2D eigenvalue weighted by Crippen LogP contribution is 2.22. The number of hydrogen-bond donors (Lipinski definition) is 1. The molecule has 0 aromatic carbocycles. The fourth-order valence-electron chi connectivity index (χ4n) is 1.68. The molecule has 0 bridgehead atoms. The maximum absolute atomic E-state index is 11.9. The van der Waals surface area contributed by atoms with Gasteiger partial charge in [0, 0.05) is 6.20 Å². The Morgan fingerprint density at radius 2 is 2.26 bits per heavy atom.